The van der Waals surface area contributed by atoms with Gasteiger partial charge in [0.25, 0.3) is 0 Å². The van der Waals surface area contributed by atoms with Crippen molar-refractivity contribution in [1.82, 2.24) is 5.32 Å². The molecule has 1 aliphatic heterocycles. The maximum atomic E-state index is 12.1. The lowest BCUT2D eigenvalue weighted by atomic mass is 9.83. The highest BCUT2D eigenvalue weighted by atomic mass is 16.3. The zero-order chi connectivity index (χ0) is 11.9. The van der Waals surface area contributed by atoms with E-state index in [9.17, 15) is 5.11 Å². The molecule has 0 aliphatic carbocycles. The van der Waals surface area contributed by atoms with Crippen LogP contribution in [0.2, 0.25) is 0 Å². The Balaban J connectivity index is 2.40. The Kier molecular flexibility index (Phi) is 6.37. The van der Waals surface area contributed by atoms with Gasteiger partial charge in [-0.25, -0.2) is 5.11 Å². The summed E-state index contributed by atoms with van der Waals surface area (Å²) in [6.07, 6.45) is 10.1. The lowest BCUT2D eigenvalue weighted by Crippen LogP contribution is -2.47. The van der Waals surface area contributed by atoms with Crippen molar-refractivity contribution >= 4 is 0 Å². The van der Waals surface area contributed by atoms with Crippen molar-refractivity contribution in [3.05, 3.63) is 0 Å². The van der Waals surface area contributed by atoms with Crippen LogP contribution in [0, 0.1) is 0 Å². The molecule has 1 fully saturated rings. The molecule has 1 radical (unpaired) electrons. The molecule has 16 heavy (non-hydrogen) atoms. The molecule has 1 N–H and O–H groups in total. The van der Waals surface area contributed by atoms with E-state index in [-0.39, 0.29) is 11.6 Å². The third-order valence-corrected chi connectivity index (χ3v) is 3.95. The fourth-order valence-electron chi connectivity index (χ4n) is 2.85. The Bertz CT molecular complexity index is 172. The van der Waals surface area contributed by atoms with E-state index in [4.69, 9.17) is 0 Å². The highest BCUT2D eigenvalue weighted by Crippen LogP contribution is 2.31. The lowest BCUT2D eigenvalue weighted by Gasteiger charge is -2.32. The van der Waals surface area contributed by atoms with Crippen molar-refractivity contribution in [1.29, 1.82) is 0 Å². The van der Waals surface area contributed by atoms with Gasteiger partial charge in [0, 0.05) is 5.54 Å². The van der Waals surface area contributed by atoms with Gasteiger partial charge >= 0.3 is 0 Å². The molecule has 0 aromatic carbocycles. The normalized spacial score (nSPS) is 23.8. The van der Waals surface area contributed by atoms with Gasteiger partial charge < -0.3 is 5.32 Å². The van der Waals surface area contributed by atoms with Crippen molar-refractivity contribution in [3.63, 3.8) is 0 Å². The largest absolute Gasteiger partial charge is 0.309 e. The van der Waals surface area contributed by atoms with E-state index in [0.717, 1.165) is 25.8 Å². The highest BCUT2D eigenvalue weighted by Gasteiger charge is 2.41. The Labute approximate surface area is 101 Å². The summed E-state index contributed by atoms with van der Waals surface area (Å²) in [5.41, 5.74) is -0.0513. The summed E-state index contributed by atoms with van der Waals surface area (Å²) in [7, 11) is 0. The van der Waals surface area contributed by atoms with Crippen molar-refractivity contribution in [3.8, 4) is 0 Å². The Hall–Kier alpha value is -0.0800. The third kappa shape index (κ3) is 3.74. The maximum Gasteiger partial charge on any atom is 0.112 e. The van der Waals surface area contributed by atoms with Crippen LogP contribution in [0.5, 0.6) is 0 Å². The molecule has 1 heterocycles. The van der Waals surface area contributed by atoms with E-state index in [0.29, 0.717) is 0 Å². The molecule has 1 aliphatic rings. The van der Waals surface area contributed by atoms with Crippen molar-refractivity contribution in [2.45, 2.75) is 83.3 Å². The molecule has 1 saturated heterocycles. The highest BCUT2D eigenvalue weighted by molar-refractivity contribution is 4.99. The summed E-state index contributed by atoms with van der Waals surface area (Å²) in [5.74, 6) is 0. The van der Waals surface area contributed by atoms with E-state index in [1.54, 1.807) is 0 Å². The number of hydrogen-bond acceptors (Lipinski definition) is 1. The van der Waals surface area contributed by atoms with Gasteiger partial charge in [-0.15, -0.1) is 0 Å². The van der Waals surface area contributed by atoms with Gasteiger partial charge in [0.1, 0.15) is 6.10 Å². The molecule has 1 atom stereocenters. The zero-order valence-corrected chi connectivity index (χ0v) is 11.1. The first-order chi connectivity index (χ1) is 7.75. The molecular weight excluding hydrogens is 198 g/mol. The predicted octanol–water partition coefficient (Wildman–Crippen LogP) is 3.68. The van der Waals surface area contributed by atoms with Crippen LogP contribution in [0.4, 0.5) is 0 Å². The molecule has 0 aromatic rings. The van der Waals surface area contributed by atoms with Crippen molar-refractivity contribution in [2.75, 3.05) is 6.54 Å². The third-order valence-electron chi connectivity index (χ3n) is 3.95. The van der Waals surface area contributed by atoms with Crippen LogP contribution in [0.1, 0.15) is 71.6 Å². The second-order valence-electron chi connectivity index (χ2n) is 5.27. The monoisotopic (exact) mass is 226 g/mol. The van der Waals surface area contributed by atoms with Crippen LogP contribution in [-0.4, -0.2) is 18.2 Å². The van der Waals surface area contributed by atoms with Gasteiger partial charge in [-0.1, -0.05) is 52.4 Å². The minimum Gasteiger partial charge on any atom is -0.309 e. The molecule has 95 valence electrons. The van der Waals surface area contributed by atoms with Crippen LogP contribution in [0.3, 0.4) is 0 Å². The standard InChI is InChI=1S/C14H28NO/c1-3-5-7-10-14(11-8-6-4-2)13(16)9-12-15-14/h13,15H,3-12H2,1-2H3. The average molecular weight is 226 g/mol. The number of hydrogen-bond donors (Lipinski definition) is 1. The van der Waals surface area contributed by atoms with E-state index >= 15 is 0 Å². The van der Waals surface area contributed by atoms with Gasteiger partial charge in [-0.3, -0.25) is 0 Å². The molecule has 0 bridgehead atoms. The van der Waals surface area contributed by atoms with E-state index in [1.807, 2.05) is 0 Å². The fraction of sp³-hybridized carbons (Fsp3) is 1.00. The summed E-state index contributed by atoms with van der Waals surface area (Å²) >= 11 is 0. The van der Waals surface area contributed by atoms with Crippen LogP contribution in [-0.2, 0) is 5.11 Å². The Morgan fingerprint density at radius 3 is 2.00 bits per heavy atom. The summed E-state index contributed by atoms with van der Waals surface area (Å²) < 4.78 is 0. The fourth-order valence-corrected chi connectivity index (χ4v) is 2.85. The van der Waals surface area contributed by atoms with Crippen molar-refractivity contribution < 1.29 is 5.11 Å². The van der Waals surface area contributed by atoms with Gasteiger partial charge in [-0.2, -0.15) is 0 Å². The molecule has 1 rings (SSSR count). The molecular formula is C14H28NO. The first kappa shape index (κ1) is 14.0. The minimum atomic E-state index is -0.360. The summed E-state index contributed by atoms with van der Waals surface area (Å²) in [6.45, 7) is 5.38. The second kappa shape index (κ2) is 7.29. The van der Waals surface area contributed by atoms with E-state index in [2.05, 4.69) is 19.2 Å². The van der Waals surface area contributed by atoms with Crippen LogP contribution in [0.15, 0.2) is 0 Å². The van der Waals surface area contributed by atoms with Gasteiger partial charge in [0.2, 0.25) is 0 Å². The molecule has 0 saturated carbocycles. The zero-order valence-electron chi connectivity index (χ0n) is 11.1. The first-order valence-corrected chi connectivity index (χ1v) is 7.16. The molecule has 1 unspecified atom stereocenters. The molecule has 2 nitrogen and oxygen atoms in total. The van der Waals surface area contributed by atoms with E-state index in [1.165, 1.54) is 38.5 Å². The molecule has 0 amide bonds. The van der Waals surface area contributed by atoms with E-state index < -0.39 is 0 Å². The topological polar surface area (TPSA) is 31.9 Å². The van der Waals surface area contributed by atoms with Crippen LogP contribution < -0.4 is 5.32 Å². The second-order valence-corrected chi connectivity index (χ2v) is 5.27. The molecule has 0 aromatic heterocycles. The Morgan fingerprint density at radius 1 is 1.06 bits per heavy atom. The predicted molar refractivity (Wildman–Crippen MR) is 68.1 cm³/mol. The number of nitrogens with one attached hydrogen (secondary N) is 1. The Morgan fingerprint density at radius 2 is 1.62 bits per heavy atom. The van der Waals surface area contributed by atoms with Crippen molar-refractivity contribution in [2.24, 2.45) is 0 Å². The molecule has 0 spiro atoms. The summed E-state index contributed by atoms with van der Waals surface area (Å²) in [6, 6.07) is 0. The number of rotatable bonds is 8. The quantitative estimate of drug-likeness (QED) is 0.629. The van der Waals surface area contributed by atoms with Gasteiger partial charge in [0.15, 0.2) is 0 Å². The average Bonchev–Trinajstić information content (AvgIpc) is 2.62. The maximum absolute atomic E-state index is 12.1. The minimum absolute atomic E-state index is 0.0513. The van der Waals surface area contributed by atoms with Gasteiger partial charge in [-0.05, 0) is 25.8 Å². The van der Waals surface area contributed by atoms with Gasteiger partial charge in [0.05, 0.1) is 0 Å². The molecule has 2 heteroatoms. The first-order valence-electron chi connectivity index (χ1n) is 7.16. The summed E-state index contributed by atoms with van der Waals surface area (Å²) in [4.78, 5) is 0. The number of unbranched alkanes of at least 4 members (excludes halogenated alkanes) is 4. The summed E-state index contributed by atoms with van der Waals surface area (Å²) in [5, 5.41) is 15.6. The smallest absolute Gasteiger partial charge is 0.112 e. The van der Waals surface area contributed by atoms with Crippen LogP contribution >= 0.6 is 0 Å². The SMILES string of the molecule is CCCCCC1(CCCCC)NCCC1[O]. The van der Waals surface area contributed by atoms with Crippen LogP contribution in [0.25, 0.3) is 0 Å². The lowest BCUT2D eigenvalue weighted by molar-refractivity contribution is 0.0204.